The molecule has 1 aliphatic rings. The predicted molar refractivity (Wildman–Crippen MR) is 77.3 cm³/mol. The van der Waals surface area contributed by atoms with Gasteiger partial charge in [-0.1, -0.05) is 0 Å². The summed E-state index contributed by atoms with van der Waals surface area (Å²) >= 11 is 0. The lowest BCUT2D eigenvalue weighted by Crippen LogP contribution is -2.30. The first-order valence-electron chi connectivity index (χ1n) is 6.70. The van der Waals surface area contributed by atoms with Gasteiger partial charge in [-0.05, 0) is 25.0 Å². The first kappa shape index (κ1) is 15.6. The molecule has 1 aliphatic carbocycles. The summed E-state index contributed by atoms with van der Waals surface area (Å²) in [5, 5.41) is 2.65. The normalized spacial score (nSPS) is 14.6. The molecule has 0 saturated heterocycles. The molecule has 0 heterocycles. The lowest BCUT2D eigenvalue weighted by Gasteiger charge is -2.10. The summed E-state index contributed by atoms with van der Waals surface area (Å²) in [6, 6.07) is 4.45. The van der Waals surface area contributed by atoms with Crippen molar-refractivity contribution in [2.75, 3.05) is 26.5 Å². The summed E-state index contributed by atoms with van der Waals surface area (Å²) in [5.41, 5.74) is 0. The zero-order chi connectivity index (χ0) is 15.5. The highest BCUT2D eigenvalue weighted by Gasteiger charge is 2.29. The van der Waals surface area contributed by atoms with E-state index in [2.05, 4.69) is 5.32 Å². The Balaban J connectivity index is 2.02. The molecule has 1 aromatic carbocycles. The summed E-state index contributed by atoms with van der Waals surface area (Å²) in [5.74, 6) is 0.714. The molecule has 0 aliphatic heterocycles. The fourth-order valence-electron chi connectivity index (χ4n) is 1.93. The first-order chi connectivity index (χ1) is 9.97. The lowest BCUT2D eigenvalue weighted by atomic mass is 10.3. The molecule has 0 aromatic heterocycles. The van der Waals surface area contributed by atoms with Crippen LogP contribution in [0.2, 0.25) is 0 Å². The van der Waals surface area contributed by atoms with Crippen LogP contribution in [0.5, 0.6) is 11.5 Å². The van der Waals surface area contributed by atoms with Crippen LogP contribution in [0.3, 0.4) is 0 Å². The number of hydrogen-bond donors (Lipinski definition) is 1. The van der Waals surface area contributed by atoms with Crippen LogP contribution in [0.1, 0.15) is 12.8 Å². The third-order valence-electron chi connectivity index (χ3n) is 3.33. The molecule has 1 saturated carbocycles. The Kier molecular flexibility index (Phi) is 4.72. The van der Waals surface area contributed by atoms with Crippen molar-refractivity contribution in [2.24, 2.45) is 5.92 Å². The molecule has 1 N–H and O–H groups in total. The molecule has 6 nitrogen and oxygen atoms in total. The van der Waals surface area contributed by atoms with E-state index in [1.165, 1.54) is 26.4 Å². The van der Waals surface area contributed by atoms with E-state index in [1.54, 1.807) is 6.07 Å². The molecule has 0 bridgehead atoms. The molecule has 1 amide bonds. The molecule has 0 radical (unpaired) electrons. The predicted octanol–water partition coefficient (Wildman–Crippen LogP) is 1.00. The zero-order valence-electron chi connectivity index (χ0n) is 12.1. The molecular weight excluding hydrogens is 294 g/mol. The average Bonchev–Trinajstić information content (AvgIpc) is 3.30. The van der Waals surface area contributed by atoms with Crippen LogP contribution in [0.15, 0.2) is 23.1 Å². The fourth-order valence-corrected chi connectivity index (χ4v) is 3.09. The molecule has 1 fully saturated rings. The maximum absolute atomic E-state index is 12.2. The van der Waals surface area contributed by atoms with Crippen molar-refractivity contribution in [3.63, 3.8) is 0 Å². The Labute approximate surface area is 124 Å². The first-order valence-corrected chi connectivity index (χ1v) is 8.35. The Hall–Kier alpha value is -1.76. The zero-order valence-corrected chi connectivity index (χ0v) is 12.9. The van der Waals surface area contributed by atoms with E-state index in [1.807, 2.05) is 0 Å². The van der Waals surface area contributed by atoms with Crippen molar-refractivity contribution >= 4 is 15.7 Å². The number of amides is 1. The summed E-state index contributed by atoms with van der Waals surface area (Å²) in [6.07, 6.45) is 1.79. The molecule has 0 atom stereocenters. The Bertz CT molecular complexity index is 622. The van der Waals surface area contributed by atoms with Crippen molar-refractivity contribution in [1.29, 1.82) is 0 Å². The van der Waals surface area contributed by atoms with Gasteiger partial charge in [0.2, 0.25) is 5.91 Å². The molecule has 21 heavy (non-hydrogen) atoms. The largest absolute Gasteiger partial charge is 0.493 e. The number of nitrogens with one attached hydrogen (secondary N) is 1. The van der Waals surface area contributed by atoms with Crippen molar-refractivity contribution in [3.8, 4) is 11.5 Å². The number of benzene rings is 1. The highest BCUT2D eigenvalue weighted by atomic mass is 32.2. The summed E-state index contributed by atoms with van der Waals surface area (Å²) in [6.45, 7) is 0.117. The van der Waals surface area contributed by atoms with Crippen LogP contribution >= 0.6 is 0 Å². The topological polar surface area (TPSA) is 81.7 Å². The van der Waals surface area contributed by atoms with Crippen LogP contribution in [0, 0.1) is 5.92 Å². The van der Waals surface area contributed by atoms with Gasteiger partial charge in [-0.25, -0.2) is 8.42 Å². The quantitative estimate of drug-likeness (QED) is 0.812. The Morgan fingerprint density at radius 3 is 2.48 bits per heavy atom. The number of carbonyl (C=O) groups excluding carboxylic acids is 1. The van der Waals surface area contributed by atoms with Crippen molar-refractivity contribution in [2.45, 2.75) is 17.7 Å². The van der Waals surface area contributed by atoms with Gasteiger partial charge < -0.3 is 14.8 Å². The number of rotatable bonds is 7. The Morgan fingerprint density at radius 1 is 1.24 bits per heavy atom. The van der Waals surface area contributed by atoms with Gasteiger partial charge >= 0.3 is 0 Å². The highest BCUT2D eigenvalue weighted by Crippen LogP contribution is 2.30. The van der Waals surface area contributed by atoms with Crippen LogP contribution in [0.25, 0.3) is 0 Å². The van der Waals surface area contributed by atoms with Gasteiger partial charge in [0.05, 0.1) is 24.9 Å². The number of carbonyl (C=O) groups is 1. The van der Waals surface area contributed by atoms with Crippen molar-refractivity contribution in [3.05, 3.63) is 18.2 Å². The molecule has 0 spiro atoms. The van der Waals surface area contributed by atoms with E-state index in [-0.39, 0.29) is 29.0 Å². The number of sulfone groups is 1. The van der Waals surface area contributed by atoms with Gasteiger partial charge in [-0.3, -0.25) is 4.79 Å². The highest BCUT2D eigenvalue weighted by molar-refractivity contribution is 7.91. The molecule has 0 unspecified atom stereocenters. The smallest absolute Gasteiger partial charge is 0.223 e. The number of methoxy groups -OCH3 is 2. The van der Waals surface area contributed by atoms with Crippen LogP contribution < -0.4 is 14.8 Å². The fraction of sp³-hybridized carbons (Fsp3) is 0.500. The van der Waals surface area contributed by atoms with Gasteiger partial charge in [0, 0.05) is 18.5 Å². The van der Waals surface area contributed by atoms with E-state index in [0.717, 1.165) is 12.8 Å². The van der Waals surface area contributed by atoms with Crippen molar-refractivity contribution in [1.82, 2.24) is 5.32 Å². The number of hydrogen-bond acceptors (Lipinski definition) is 5. The van der Waals surface area contributed by atoms with E-state index in [0.29, 0.717) is 11.5 Å². The minimum absolute atomic E-state index is 0.0579. The van der Waals surface area contributed by atoms with Gasteiger partial charge in [-0.15, -0.1) is 0 Å². The monoisotopic (exact) mass is 313 g/mol. The van der Waals surface area contributed by atoms with Crippen LogP contribution in [-0.4, -0.2) is 40.8 Å². The average molecular weight is 313 g/mol. The second-order valence-electron chi connectivity index (χ2n) is 4.90. The minimum Gasteiger partial charge on any atom is -0.493 e. The standard InChI is InChI=1S/C14H19NO5S/c1-19-12-6-5-11(9-13(12)20-2)21(17,18)8-7-15-14(16)10-3-4-10/h5-6,9-10H,3-4,7-8H2,1-2H3,(H,15,16). The molecule has 116 valence electrons. The van der Waals surface area contributed by atoms with Gasteiger partial charge in [0.25, 0.3) is 0 Å². The summed E-state index contributed by atoms with van der Waals surface area (Å²) in [4.78, 5) is 11.6. The minimum atomic E-state index is -3.47. The van der Waals surface area contributed by atoms with Crippen LogP contribution in [0.4, 0.5) is 0 Å². The number of ether oxygens (including phenoxy) is 2. The van der Waals surface area contributed by atoms with Crippen molar-refractivity contribution < 1.29 is 22.7 Å². The molecular formula is C14H19NO5S. The van der Waals surface area contributed by atoms with Gasteiger partial charge in [0.15, 0.2) is 21.3 Å². The maximum Gasteiger partial charge on any atom is 0.223 e. The van der Waals surface area contributed by atoms with E-state index in [9.17, 15) is 13.2 Å². The third kappa shape index (κ3) is 3.87. The summed E-state index contributed by atoms with van der Waals surface area (Å²) < 4.78 is 34.6. The van der Waals surface area contributed by atoms with Crippen LogP contribution in [-0.2, 0) is 14.6 Å². The second kappa shape index (κ2) is 6.34. The lowest BCUT2D eigenvalue weighted by molar-refractivity contribution is -0.122. The third-order valence-corrected chi connectivity index (χ3v) is 5.05. The molecule has 1 aromatic rings. The molecule has 2 rings (SSSR count). The maximum atomic E-state index is 12.2. The SMILES string of the molecule is COc1ccc(S(=O)(=O)CCNC(=O)C2CC2)cc1OC. The molecule has 7 heteroatoms. The van der Waals surface area contributed by atoms with E-state index >= 15 is 0 Å². The van der Waals surface area contributed by atoms with Gasteiger partial charge in [-0.2, -0.15) is 0 Å². The Morgan fingerprint density at radius 2 is 1.90 bits per heavy atom. The summed E-state index contributed by atoms with van der Waals surface area (Å²) in [7, 11) is -0.535. The van der Waals surface area contributed by atoms with Gasteiger partial charge in [0.1, 0.15) is 0 Å². The van der Waals surface area contributed by atoms with E-state index in [4.69, 9.17) is 9.47 Å². The van der Waals surface area contributed by atoms with E-state index < -0.39 is 9.84 Å². The second-order valence-corrected chi connectivity index (χ2v) is 7.01.